The molecule has 1 spiro atoms. The van der Waals surface area contributed by atoms with Crippen molar-refractivity contribution in [3.63, 3.8) is 0 Å². The molecule has 1 aliphatic carbocycles. The molecule has 1 aromatic carbocycles. The van der Waals surface area contributed by atoms with Crippen molar-refractivity contribution in [3.05, 3.63) is 35.9 Å². The zero-order valence-corrected chi connectivity index (χ0v) is 14.0. The molecule has 23 heavy (non-hydrogen) atoms. The van der Waals surface area contributed by atoms with E-state index in [0.29, 0.717) is 19.0 Å². The van der Waals surface area contributed by atoms with Gasteiger partial charge in [0.2, 0.25) is 5.90 Å². The average molecular weight is 314 g/mol. The lowest BCUT2D eigenvalue weighted by Crippen LogP contribution is -2.38. The summed E-state index contributed by atoms with van der Waals surface area (Å²) in [5, 5.41) is 6.20. The first-order valence-corrected chi connectivity index (χ1v) is 8.84. The minimum atomic E-state index is -0.471. The number of nitrogens with zero attached hydrogens (tertiary/aromatic N) is 2. The molecule has 0 unspecified atom stereocenters. The van der Waals surface area contributed by atoms with E-state index in [-0.39, 0.29) is 5.91 Å². The monoisotopic (exact) mass is 314 g/mol. The highest BCUT2D eigenvalue weighted by Gasteiger charge is 2.54. The zero-order chi connectivity index (χ0) is 16.1. The molecule has 0 atom stereocenters. The number of carbonyl (C=O) groups is 1. The van der Waals surface area contributed by atoms with Crippen molar-refractivity contribution in [1.82, 2.24) is 5.01 Å². The first-order valence-electron chi connectivity index (χ1n) is 8.84. The van der Waals surface area contributed by atoms with Gasteiger partial charge in [0, 0.05) is 0 Å². The Hall–Kier alpha value is -1.84. The summed E-state index contributed by atoms with van der Waals surface area (Å²) in [6.45, 7) is 3.38. The number of hydrogen-bond acceptors (Lipinski definition) is 3. The van der Waals surface area contributed by atoms with E-state index >= 15 is 0 Å². The number of ether oxygens (including phenoxy) is 1. The van der Waals surface area contributed by atoms with Gasteiger partial charge in [-0.3, -0.25) is 4.79 Å². The van der Waals surface area contributed by atoms with Crippen LogP contribution in [-0.2, 0) is 16.1 Å². The molecule has 4 heteroatoms. The second-order valence-electron chi connectivity index (χ2n) is 6.60. The molecule has 1 fully saturated rings. The quantitative estimate of drug-likeness (QED) is 0.742. The van der Waals surface area contributed by atoms with Gasteiger partial charge in [0.15, 0.2) is 0 Å². The predicted octanol–water partition coefficient (Wildman–Crippen LogP) is 4.11. The number of unbranched alkanes of at least 4 members (excludes halogenated alkanes) is 2. The van der Waals surface area contributed by atoms with Crippen LogP contribution in [0.3, 0.4) is 0 Å². The van der Waals surface area contributed by atoms with E-state index < -0.39 is 5.41 Å². The van der Waals surface area contributed by atoms with E-state index in [0.717, 1.165) is 44.1 Å². The number of carbonyl (C=O) groups excluding carboxylic acids is 1. The molecule has 4 nitrogen and oxygen atoms in total. The Balaban J connectivity index is 1.73. The summed E-state index contributed by atoms with van der Waals surface area (Å²) >= 11 is 0. The third kappa shape index (κ3) is 3.26. The van der Waals surface area contributed by atoms with Gasteiger partial charge in [-0.15, -0.1) is 5.10 Å². The lowest BCUT2D eigenvalue weighted by molar-refractivity contribution is -0.136. The summed E-state index contributed by atoms with van der Waals surface area (Å²) in [5.41, 5.74) is 0.631. The second kappa shape index (κ2) is 7.16. The van der Waals surface area contributed by atoms with E-state index in [4.69, 9.17) is 4.74 Å². The molecule has 1 heterocycles. The first-order chi connectivity index (χ1) is 11.3. The van der Waals surface area contributed by atoms with E-state index in [1.807, 2.05) is 30.3 Å². The Morgan fingerprint density at radius 3 is 2.61 bits per heavy atom. The second-order valence-corrected chi connectivity index (χ2v) is 6.60. The molecule has 1 aromatic rings. The lowest BCUT2D eigenvalue weighted by atomic mass is 9.85. The van der Waals surface area contributed by atoms with Gasteiger partial charge in [0.05, 0.1) is 13.2 Å². The van der Waals surface area contributed by atoms with E-state index in [2.05, 4.69) is 12.0 Å². The van der Waals surface area contributed by atoms with Gasteiger partial charge in [-0.1, -0.05) is 62.9 Å². The van der Waals surface area contributed by atoms with Crippen LogP contribution < -0.4 is 0 Å². The number of hydrazone groups is 1. The normalized spacial score (nSPS) is 19.4. The summed E-state index contributed by atoms with van der Waals surface area (Å²) in [5.74, 6) is 0.802. The third-order valence-corrected chi connectivity index (χ3v) is 4.88. The highest BCUT2D eigenvalue weighted by Crippen LogP contribution is 2.45. The van der Waals surface area contributed by atoms with Crippen molar-refractivity contribution in [2.24, 2.45) is 10.5 Å². The van der Waals surface area contributed by atoms with Gasteiger partial charge < -0.3 is 4.74 Å². The summed E-state index contributed by atoms with van der Waals surface area (Å²) in [6.07, 6.45) is 7.28. The molecule has 0 bridgehead atoms. The minimum Gasteiger partial charge on any atom is -0.479 e. The Morgan fingerprint density at radius 1 is 1.17 bits per heavy atom. The van der Waals surface area contributed by atoms with Crippen LogP contribution in [0, 0.1) is 5.41 Å². The van der Waals surface area contributed by atoms with Crippen molar-refractivity contribution in [2.75, 3.05) is 6.61 Å². The van der Waals surface area contributed by atoms with Gasteiger partial charge in [0.25, 0.3) is 5.91 Å². The van der Waals surface area contributed by atoms with Gasteiger partial charge in [0.1, 0.15) is 5.41 Å². The maximum atomic E-state index is 13.0. The molecule has 2 aliphatic rings. The van der Waals surface area contributed by atoms with Crippen LogP contribution in [0.5, 0.6) is 0 Å². The molecule has 0 radical (unpaired) electrons. The zero-order valence-electron chi connectivity index (χ0n) is 14.0. The molecule has 3 rings (SSSR count). The number of benzene rings is 1. The minimum absolute atomic E-state index is 0.129. The van der Waals surface area contributed by atoms with E-state index in [1.54, 1.807) is 5.01 Å². The van der Waals surface area contributed by atoms with Gasteiger partial charge in [-0.25, -0.2) is 5.01 Å². The third-order valence-electron chi connectivity index (χ3n) is 4.88. The number of rotatable bonds is 6. The standard InChI is InChI=1S/C19H26N2O2/c1-2-3-9-14-23-17-19(12-7-8-13-19)18(22)21(20-17)15-16-10-5-4-6-11-16/h4-6,10-11H,2-3,7-9,12-15H2,1H3. The molecular formula is C19H26N2O2. The molecule has 0 saturated heterocycles. The van der Waals surface area contributed by atoms with Gasteiger partial charge >= 0.3 is 0 Å². The fraction of sp³-hybridized carbons (Fsp3) is 0.579. The van der Waals surface area contributed by atoms with Gasteiger partial charge in [-0.2, -0.15) is 0 Å². The van der Waals surface area contributed by atoms with Crippen LogP contribution >= 0.6 is 0 Å². The summed E-state index contributed by atoms with van der Waals surface area (Å²) in [4.78, 5) is 13.0. The molecule has 1 amide bonds. The molecule has 0 aromatic heterocycles. The molecule has 0 N–H and O–H groups in total. The predicted molar refractivity (Wildman–Crippen MR) is 90.8 cm³/mol. The molecule has 124 valence electrons. The number of hydrogen-bond donors (Lipinski definition) is 0. The van der Waals surface area contributed by atoms with Crippen molar-refractivity contribution < 1.29 is 9.53 Å². The average Bonchev–Trinajstić information content (AvgIpc) is 3.16. The summed E-state index contributed by atoms with van der Waals surface area (Å²) in [7, 11) is 0. The maximum Gasteiger partial charge on any atom is 0.258 e. The smallest absolute Gasteiger partial charge is 0.258 e. The Kier molecular flexibility index (Phi) is 4.99. The first kappa shape index (κ1) is 16.0. The fourth-order valence-electron chi connectivity index (χ4n) is 3.55. The van der Waals surface area contributed by atoms with Crippen LogP contribution in [0.4, 0.5) is 0 Å². The summed E-state index contributed by atoms with van der Waals surface area (Å²) in [6, 6.07) is 10.0. The molecule has 1 saturated carbocycles. The highest BCUT2D eigenvalue weighted by molar-refractivity contribution is 6.09. The SMILES string of the molecule is CCCCCOC1=NN(Cc2ccccc2)C(=O)C12CCCC2. The van der Waals surface area contributed by atoms with Crippen LogP contribution in [0.15, 0.2) is 35.4 Å². The van der Waals surface area contributed by atoms with Crippen LogP contribution in [0.25, 0.3) is 0 Å². The van der Waals surface area contributed by atoms with Crippen molar-refractivity contribution in [2.45, 2.75) is 58.4 Å². The fourth-order valence-corrected chi connectivity index (χ4v) is 3.55. The Labute approximate surface area is 138 Å². The number of amides is 1. The summed E-state index contributed by atoms with van der Waals surface area (Å²) < 4.78 is 5.97. The maximum absolute atomic E-state index is 13.0. The van der Waals surface area contributed by atoms with Crippen molar-refractivity contribution in [3.8, 4) is 0 Å². The Bertz CT molecular complexity index is 562. The topological polar surface area (TPSA) is 41.9 Å². The van der Waals surface area contributed by atoms with E-state index in [9.17, 15) is 4.79 Å². The van der Waals surface area contributed by atoms with Crippen LogP contribution in [-0.4, -0.2) is 23.4 Å². The van der Waals surface area contributed by atoms with Crippen LogP contribution in [0.1, 0.15) is 57.4 Å². The molecular weight excluding hydrogens is 288 g/mol. The van der Waals surface area contributed by atoms with Crippen molar-refractivity contribution >= 4 is 11.8 Å². The van der Waals surface area contributed by atoms with Gasteiger partial charge in [-0.05, 0) is 24.8 Å². The van der Waals surface area contributed by atoms with Crippen LogP contribution in [0.2, 0.25) is 0 Å². The highest BCUT2D eigenvalue weighted by atomic mass is 16.5. The molecule has 1 aliphatic heterocycles. The Morgan fingerprint density at radius 2 is 1.91 bits per heavy atom. The largest absolute Gasteiger partial charge is 0.479 e. The van der Waals surface area contributed by atoms with Crippen molar-refractivity contribution in [1.29, 1.82) is 0 Å². The lowest BCUT2D eigenvalue weighted by Gasteiger charge is -2.23. The van der Waals surface area contributed by atoms with E-state index in [1.165, 1.54) is 6.42 Å².